The lowest BCUT2D eigenvalue weighted by molar-refractivity contribution is -0.138. The number of carbonyl (C=O) groups is 1. The van der Waals surface area contributed by atoms with Gasteiger partial charge in [-0.15, -0.1) is 0 Å². The van der Waals surface area contributed by atoms with E-state index in [0.717, 1.165) is 6.07 Å². The SMILES string of the molecule is O=C(c1ccc(Br)c(C(F)(F)F)c1)N1CC[C@H](O)C1. The Labute approximate surface area is 116 Å². The fourth-order valence-electron chi connectivity index (χ4n) is 1.98. The van der Waals surface area contributed by atoms with E-state index in [9.17, 15) is 23.1 Å². The summed E-state index contributed by atoms with van der Waals surface area (Å²) in [5.41, 5.74) is -0.900. The van der Waals surface area contributed by atoms with E-state index in [-0.39, 0.29) is 16.6 Å². The number of nitrogens with zero attached hydrogens (tertiary/aromatic N) is 1. The molecule has 1 heterocycles. The van der Waals surface area contributed by atoms with Crippen LogP contribution >= 0.6 is 15.9 Å². The van der Waals surface area contributed by atoms with Gasteiger partial charge in [-0.05, 0) is 24.6 Å². The largest absolute Gasteiger partial charge is 0.417 e. The third-order valence-electron chi connectivity index (χ3n) is 2.97. The summed E-state index contributed by atoms with van der Waals surface area (Å²) in [4.78, 5) is 13.4. The van der Waals surface area contributed by atoms with Crippen molar-refractivity contribution in [3.63, 3.8) is 0 Å². The van der Waals surface area contributed by atoms with Crippen LogP contribution in [0.1, 0.15) is 22.3 Å². The standard InChI is InChI=1S/C12H11BrF3NO2/c13-10-2-1-7(5-9(10)12(14,15)16)11(19)17-4-3-8(18)6-17/h1-2,5,8,18H,3-4,6H2/t8-/m0/s1. The van der Waals surface area contributed by atoms with Crippen LogP contribution in [-0.4, -0.2) is 35.1 Å². The van der Waals surface area contributed by atoms with Crippen molar-refractivity contribution in [3.05, 3.63) is 33.8 Å². The lowest BCUT2D eigenvalue weighted by Gasteiger charge is -2.17. The van der Waals surface area contributed by atoms with Gasteiger partial charge in [-0.25, -0.2) is 0 Å². The predicted molar refractivity (Wildman–Crippen MR) is 65.7 cm³/mol. The Hall–Kier alpha value is -1.08. The number of halogens is 4. The maximum absolute atomic E-state index is 12.7. The van der Waals surface area contributed by atoms with Gasteiger partial charge in [-0.2, -0.15) is 13.2 Å². The maximum atomic E-state index is 12.7. The summed E-state index contributed by atoms with van der Waals surface area (Å²) >= 11 is 2.82. The van der Waals surface area contributed by atoms with E-state index < -0.39 is 23.8 Å². The van der Waals surface area contributed by atoms with Crippen molar-refractivity contribution in [1.82, 2.24) is 4.90 Å². The Morgan fingerprint density at radius 3 is 2.63 bits per heavy atom. The lowest BCUT2D eigenvalue weighted by atomic mass is 10.1. The highest BCUT2D eigenvalue weighted by Crippen LogP contribution is 2.35. The Bertz CT molecular complexity index is 504. The van der Waals surface area contributed by atoms with Gasteiger partial charge in [0, 0.05) is 23.1 Å². The van der Waals surface area contributed by atoms with E-state index in [1.807, 2.05) is 0 Å². The molecule has 1 atom stereocenters. The highest BCUT2D eigenvalue weighted by molar-refractivity contribution is 9.10. The van der Waals surface area contributed by atoms with E-state index in [1.54, 1.807) is 0 Å². The molecule has 0 spiro atoms. The third kappa shape index (κ3) is 3.09. The fraction of sp³-hybridized carbons (Fsp3) is 0.417. The van der Waals surface area contributed by atoms with Gasteiger partial charge in [-0.1, -0.05) is 15.9 Å². The molecule has 1 N–H and O–H groups in total. The highest BCUT2D eigenvalue weighted by atomic mass is 79.9. The molecule has 0 bridgehead atoms. The van der Waals surface area contributed by atoms with Crippen LogP contribution in [0.2, 0.25) is 0 Å². The van der Waals surface area contributed by atoms with Gasteiger partial charge < -0.3 is 10.0 Å². The number of β-amino-alcohol motifs (C(OH)–C–C–N with tert-alkyl or cyclic N) is 1. The van der Waals surface area contributed by atoms with Crippen molar-refractivity contribution < 1.29 is 23.1 Å². The monoisotopic (exact) mass is 337 g/mol. The first kappa shape index (κ1) is 14.3. The van der Waals surface area contributed by atoms with Crippen molar-refractivity contribution in [1.29, 1.82) is 0 Å². The minimum atomic E-state index is -4.51. The van der Waals surface area contributed by atoms with Crippen molar-refractivity contribution in [2.24, 2.45) is 0 Å². The molecule has 1 saturated heterocycles. The molecule has 1 amide bonds. The van der Waals surface area contributed by atoms with Crippen LogP contribution in [0.3, 0.4) is 0 Å². The van der Waals surface area contributed by atoms with Crippen LogP contribution < -0.4 is 0 Å². The number of alkyl halides is 3. The second-order valence-corrected chi connectivity index (χ2v) is 5.24. The second kappa shape index (κ2) is 5.13. The lowest BCUT2D eigenvalue weighted by Crippen LogP contribution is -2.29. The number of amides is 1. The third-order valence-corrected chi connectivity index (χ3v) is 3.66. The van der Waals surface area contributed by atoms with Crippen molar-refractivity contribution >= 4 is 21.8 Å². The van der Waals surface area contributed by atoms with E-state index in [0.29, 0.717) is 13.0 Å². The quantitative estimate of drug-likeness (QED) is 0.855. The number of carbonyl (C=O) groups excluding carboxylic acids is 1. The summed E-state index contributed by atoms with van der Waals surface area (Å²) < 4.78 is 38.1. The molecule has 1 aliphatic heterocycles. The number of hydrogen-bond donors (Lipinski definition) is 1. The number of hydrogen-bond acceptors (Lipinski definition) is 2. The molecular formula is C12H11BrF3NO2. The molecule has 2 rings (SSSR count). The Kier molecular flexibility index (Phi) is 3.87. The first-order valence-electron chi connectivity index (χ1n) is 5.63. The zero-order valence-corrected chi connectivity index (χ0v) is 11.3. The maximum Gasteiger partial charge on any atom is 0.417 e. The highest BCUT2D eigenvalue weighted by Gasteiger charge is 2.34. The molecule has 0 aliphatic carbocycles. The minimum absolute atomic E-state index is 0.0235. The van der Waals surface area contributed by atoms with Crippen molar-refractivity contribution in [3.8, 4) is 0 Å². The summed E-state index contributed by atoms with van der Waals surface area (Å²) in [6.45, 7) is 0.521. The number of likely N-dealkylation sites (tertiary alicyclic amines) is 1. The van der Waals surface area contributed by atoms with Crippen LogP contribution in [0, 0.1) is 0 Å². The average molecular weight is 338 g/mol. The van der Waals surface area contributed by atoms with Crippen LogP contribution in [0.15, 0.2) is 22.7 Å². The van der Waals surface area contributed by atoms with Crippen molar-refractivity contribution in [2.45, 2.75) is 18.7 Å². The van der Waals surface area contributed by atoms with Crippen LogP contribution in [0.5, 0.6) is 0 Å². The molecule has 7 heteroatoms. The fourth-order valence-corrected chi connectivity index (χ4v) is 2.46. The number of aliphatic hydroxyl groups is 1. The predicted octanol–water partition coefficient (Wildman–Crippen LogP) is 2.67. The molecule has 0 aromatic heterocycles. The Morgan fingerprint density at radius 2 is 2.11 bits per heavy atom. The van der Waals surface area contributed by atoms with E-state index in [4.69, 9.17) is 0 Å². The zero-order chi connectivity index (χ0) is 14.2. The molecule has 3 nitrogen and oxygen atoms in total. The van der Waals surface area contributed by atoms with Gasteiger partial charge in [0.05, 0.1) is 11.7 Å². The molecule has 0 unspecified atom stereocenters. The Morgan fingerprint density at radius 1 is 1.42 bits per heavy atom. The summed E-state index contributed by atoms with van der Waals surface area (Å²) in [6, 6.07) is 3.38. The van der Waals surface area contributed by atoms with Crippen molar-refractivity contribution in [2.75, 3.05) is 13.1 Å². The van der Waals surface area contributed by atoms with E-state index in [1.165, 1.54) is 17.0 Å². The Balaban J connectivity index is 2.28. The molecule has 1 aliphatic rings. The van der Waals surface area contributed by atoms with Crippen LogP contribution in [-0.2, 0) is 6.18 Å². The number of benzene rings is 1. The second-order valence-electron chi connectivity index (χ2n) is 4.39. The smallest absolute Gasteiger partial charge is 0.391 e. The van der Waals surface area contributed by atoms with Gasteiger partial charge in [-0.3, -0.25) is 4.79 Å². The normalized spacial score (nSPS) is 19.8. The summed E-state index contributed by atoms with van der Waals surface area (Å²) in [5.74, 6) is -0.491. The minimum Gasteiger partial charge on any atom is -0.391 e. The number of rotatable bonds is 1. The summed E-state index contributed by atoms with van der Waals surface area (Å²) in [5, 5.41) is 9.34. The molecule has 104 valence electrons. The average Bonchev–Trinajstić information content (AvgIpc) is 2.74. The molecule has 0 saturated carbocycles. The topological polar surface area (TPSA) is 40.5 Å². The number of aliphatic hydroxyl groups excluding tert-OH is 1. The van der Waals surface area contributed by atoms with E-state index >= 15 is 0 Å². The van der Waals surface area contributed by atoms with Gasteiger partial charge in [0.1, 0.15) is 0 Å². The first-order chi connectivity index (χ1) is 8.79. The van der Waals surface area contributed by atoms with Gasteiger partial charge in [0.2, 0.25) is 0 Å². The first-order valence-corrected chi connectivity index (χ1v) is 6.42. The van der Waals surface area contributed by atoms with Crippen LogP contribution in [0.25, 0.3) is 0 Å². The van der Waals surface area contributed by atoms with Gasteiger partial charge in [0.15, 0.2) is 0 Å². The van der Waals surface area contributed by atoms with Crippen LogP contribution in [0.4, 0.5) is 13.2 Å². The molecule has 19 heavy (non-hydrogen) atoms. The molecular weight excluding hydrogens is 327 g/mol. The zero-order valence-electron chi connectivity index (χ0n) is 9.75. The van der Waals surface area contributed by atoms with Gasteiger partial charge in [0.25, 0.3) is 5.91 Å². The molecule has 1 fully saturated rings. The molecule has 1 aromatic rings. The van der Waals surface area contributed by atoms with E-state index in [2.05, 4.69) is 15.9 Å². The summed E-state index contributed by atoms with van der Waals surface area (Å²) in [6.07, 6.45) is -4.66. The summed E-state index contributed by atoms with van der Waals surface area (Å²) in [7, 11) is 0. The molecule has 0 radical (unpaired) electrons. The van der Waals surface area contributed by atoms with Gasteiger partial charge >= 0.3 is 6.18 Å². The molecule has 1 aromatic carbocycles.